The number of piperidine rings is 1. The summed E-state index contributed by atoms with van der Waals surface area (Å²) in [6.45, 7) is 6.87. The maximum Gasteiger partial charge on any atom is 0.223 e. The van der Waals surface area contributed by atoms with Gasteiger partial charge in [-0.05, 0) is 63.0 Å². The molecule has 5 nitrogen and oxygen atoms in total. The van der Waals surface area contributed by atoms with Crippen molar-refractivity contribution in [1.29, 1.82) is 0 Å². The average Bonchev–Trinajstić information content (AvgIpc) is 2.60. The maximum absolute atomic E-state index is 13.0. The number of halogens is 2. The molecule has 0 radical (unpaired) electrons. The summed E-state index contributed by atoms with van der Waals surface area (Å²) in [6, 6.07) is 4.74. The summed E-state index contributed by atoms with van der Waals surface area (Å²) in [5.74, 6) is -0.0347. The standard InChI is InChI=1S/C18H27FN2O3S.ClH/c1-3-20-13-15-8-10-21(11-9-15)18(22)12-14(2)25(23,24)17-6-4-16(19)5-7-17;/h4-7,14-15,20H,3,8-13H2,1-2H3;1H. The van der Waals surface area contributed by atoms with E-state index in [0.29, 0.717) is 19.0 Å². The second-order valence-corrected chi connectivity index (χ2v) is 9.01. The van der Waals surface area contributed by atoms with E-state index in [9.17, 15) is 17.6 Å². The zero-order chi connectivity index (χ0) is 18.4. The van der Waals surface area contributed by atoms with Gasteiger partial charge in [-0.1, -0.05) is 6.92 Å². The Morgan fingerprint density at radius 1 is 1.27 bits per heavy atom. The van der Waals surface area contributed by atoms with Crippen LogP contribution in [0.5, 0.6) is 0 Å². The van der Waals surface area contributed by atoms with Crippen molar-refractivity contribution in [1.82, 2.24) is 10.2 Å². The molecule has 1 saturated heterocycles. The van der Waals surface area contributed by atoms with Gasteiger partial charge < -0.3 is 10.2 Å². The molecule has 8 heteroatoms. The lowest BCUT2D eigenvalue weighted by atomic mass is 9.96. The second kappa shape index (κ2) is 10.2. The Bertz CT molecular complexity index is 674. The first kappa shape index (κ1) is 22.9. The zero-order valence-electron chi connectivity index (χ0n) is 15.3. The molecule has 0 saturated carbocycles. The predicted octanol–water partition coefficient (Wildman–Crippen LogP) is 2.65. The molecule has 0 spiro atoms. The fourth-order valence-corrected chi connectivity index (χ4v) is 4.42. The number of nitrogens with one attached hydrogen (secondary N) is 1. The van der Waals surface area contributed by atoms with Crippen LogP contribution < -0.4 is 5.32 Å². The van der Waals surface area contributed by atoms with Gasteiger partial charge >= 0.3 is 0 Å². The van der Waals surface area contributed by atoms with Crippen molar-refractivity contribution in [3.63, 3.8) is 0 Å². The minimum atomic E-state index is -3.64. The predicted molar refractivity (Wildman–Crippen MR) is 103 cm³/mol. The van der Waals surface area contributed by atoms with Crippen LogP contribution in [0.4, 0.5) is 4.39 Å². The second-order valence-electron chi connectivity index (χ2n) is 6.65. The van der Waals surface area contributed by atoms with Crippen LogP contribution in [0.3, 0.4) is 0 Å². The van der Waals surface area contributed by atoms with Crippen molar-refractivity contribution >= 4 is 28.2 Å². The summed E-state index contributed by atoms with van der Waals surface area (Å²) in [5.41, 5.74) is 0. The lowest BCUT2D eigenvalue weighted by molar-refractivity contribution is -0.132. The number of rotatable bonds is 7. The number of carbonyl (C=O) groups excluding carboxylic acids is 1. The molecule has 0 aliphatic carbocycles. The van der Waals surface area contributed by atoms with Gasteiger partial charge in [-0.15, -0.1) is 12.4 Å². The van der Waals surface area contributed by atoms with Crippen molar-refractivity contribution in [3.05, 3.63) is 30.1 Å². The molecule has 0 bridgehead atoms. The van der Waals surface area contributed by atoms with Crippen molar-refractivity contribution in [3.8, 4) is 0 Å². The summed E-state index contributed by atoms with van der Waals surface area (Å²) < 4.78 is 38.0. The molecule has 1 aliphatic heterocycles. The molecular formula is C18H28ClFN2O3S. The Balaban J connectivity index is 0.00000338. The van der Waals surface area contributed by atoms with Crippen LogP contribution in [0.25, 0.3) is 0 Å². The average molecular weight is 407 g/mol. The van der Waals surface area contributed by atoms with E-state index in [1.54, 1.807) is 4.90 Å². The van der Waals surface area contributed by atoms with E-state index in [2.05, 4.69) is 12.2 Å². The lowest BCUT2D eigenvalue weighted by Crippen LogP contribution is -2.42. The minimum absolute atomic E-state index is 0. The molecule has 1 fully saturated rings. The van der Waals surface area contributed by atoms with Gasteiger partial charge in [0.05, 0.1) is 10.1 Å². The number of benzene rings is 1. The van der Waals surface area contributed by atoms with Crippen LogP contribution in [-0.4, -0.2) is 50.7 Å². The van der Waals surface area contributed by atoms with E-state index in [1.807, 2.05) is 0 Å². The maximum atomic E-state index is 13.0. The fourth-order valence-electron chi connectivity index (χ4n) is 3.08. The van der Waals surface area contributed by atoms with Crippen LogP contribution in [-0.2, 0) is 14.6 Å². The number of hydrogen-bond acceptors (Lipinski definition) is 4. The van der Waals surface area contributed by atoms with E-state index in [4.69, 9.17) is 0 Å². The van der Waals surface area contributed by atoms with E-state index in [-0.39, 0.29) is 29.6 Å². The first-order valence-corrected chi connectivity index (χ1v) is 10.4. The zero-order valence-corrected chi connectivity index (χ0v) is 16.9. The van der Waals surface area contributed by atoms with Gasteiger partial charge in [0.25, 0.3) is 0 Å². The summed E-state index contributed by atoms with van der Waals surface area (Å²) in [7, 11) is -3.64. The Labute approximate surface area is 161 Å². The summed E-state index contributed by atoms with van der Waals surface area (Å²) in [4.78, 5) is 14.3. The van der Waals surface area contributed by atoms with Crippen LogP contribution in [0.15, 0.2) is 29.2 Å². The Morgan fingerprint density at radius 2 is 1.85 bits per heavy atom. The molecule has 1 aromatic carbocycles. The Kier molecular flexibility index (Phi) is 9.00. The third-order valence-corrected chi connectivity index (χ3v) is 6.94. The van der Waals surface area contributed by atoms with Crippen molar-refractivity contribution in [2.24, 2.45) is 5.92 Å². The van der Waals surface area contributed by atoms with E-state index < -0.39 is 20.9 Å². The van der Waals surface area contributed by atoms with Crippen LogP contribution in [0.2, 0.25) is 0 Å². The number of likely N-dealkylation sites (tertiary alicyclic amines) is 1. The molecule has 1 amide bonds. The molecule has 1 aromatic rings. The molecule has 1 N–H and O–H groups in total. The van der Waals surface area contributed by atoms with Gasteiger partial charge in [0.1, 0.15) is 5.82 Å². The van der Waals surface area contributed by atoms with Gasteiger partial charge in [-0.25, -0.2) is 12.8 Å². The van der Waals surface area contributed by atoms with E-state index in [1.165, 1.54) is 19.1 Å². The first-order chi connectivity index (χ1) is 11.8. The highest BCUT2D eigenvalue weighted by molar-refractivity contribution is 7.92. The van der Waals surface area contributed by atoms with Crippen LogP contribution >= 0.6 is 12.4 Å². The Morgan fingerprint density at radius 3 is 2.38 bits per heavy atom. The van der Waals surface area contributed by atoms with Crippen molar-refractivity contribution in [2.45, 2.75) is 43.3 Å². The minimum Gasteiger partial charge on any atom is -0.343 e. The molecule has 1 aliphatic rings. The first-order valence-electron chi connectivity index (χ1n) is 8.82. The highest BCUT2D eigenvalue weighted by Gasteiger charge is 2.29. The van der Waals surface area contributed by atoms with Crippen molar-refractivity contribution in [2.75, 3.05) is 26.2 Å². The van der Waals surface area contributed by atoms with E-state index >= 15 is 0 Å². The smallest absolute Gasteiger partial charge is 0.223 e. The summed E-state index contributed by atoms with van der Waals surface area (Å²) in [5, 5.41) is 2.50. The van der Waals surface area contributed by atoms with Crippen molar-refractivity contribution < 1.29 is 17.6 Å². The molecule has 1 atom stereocenters. The van der Waals surface area contributed by atoms with Gasteiger partial charge in [0.15, 0.2) is 9.84 Å². The van der Waals surface area contributed by atoms with Crippen LogP contribution in [0, 0.1) is 11.7 Å². The van der Waals surface area contributed by atoms with Gasteiger partial charge in [0, 0.05) is 19.5 Å². The molecule has 1 heterocycles. The normalized spacial score (nSPS) is 16.8. The SMILES string of the molecule is CCNCC1CCN(C(=O)CC(C)S(=O)(=O)c2ccc(F)cc2)CC1.Cl. The lowest BCUT2D eigenvalue weighted by Gasteiger charge is -2.32. The van der Waals surface area contributed by atoms with Gasteiger partial charge in [0.2, 0.25) is 5.91 Å². The largest absolute Gasteiger partial charge is 0.343 e. The molecule has 26 heavy (non-hydrogen) atoms. The molecular weight excluding hydrogens is 379 g/mol. The van der Waals surface area contributed by atoms with Gasteiger partial charge in [-0.3, -0.25) is 4.79 Å². The fraction of sp³-hybridized carbons (Fsp3) is 0.611. The number of carbonyl (C=O) groups is 1. The van der Waals surface area contributed by atoms with E-state index in [0.717, 1.165) is 38.1 Å². The highest BCUT2D eigenvalue weighted by Crippen LogP contribution is 2.22. The number of nitrogens with zero attached hydrogens (tertiary/aromatic N) is 1. The number of sulfone groups is 1. The number of amides is 1. The molecule has 1 unspecified atom stereocenters. The quantitative estimate of drug-likeness (QED) is 0.707. The van der Waals surface area contributed by atoms with Crippen LogP contribution in [0.1, 0.15) is 33.1 Å². The topological polar surface area (TPSA) is 66.5 Å². The summed E-state index contributed by atoms with van der Waals surface area (Å²) in [6.07, 6.45) is 1.84. The molecule has 0 aromatic heterocycles. The third-order valence-electron chi connectivity index (χ3n) is 4.78. The Hall–Kier alpha value is -1.18. The molecule has 2 rings (SSSR count). The highest BCUT2D eigenvalue weighted by atomic mass is 35.5. The van der Waals surface area contributed by atoms with Gasteiger partial charge in [-0.2, -0.15) is 0 Å². The monoisotopic (exact) mass is 406 g/mol. The number of hydrogen-bond donors (Lipinski definition) is 1. The third kappa shape index (κ3) is 5.93. The summed E-state index contributed by atoms with van der Waals surface area (Å²) >= 11 is 0. The molecule has 148 valence electrons.